The number of fused-ring (bicyclic) bond motifs is 3. The van der Waals surface area contributed by atoms with Crippen LogP contribution in [0.2, 0.25) is 0 Å². The maximum atomic E-state index is 13.8. The minimum atomic E-state index is -2.56. The zero-order chi connectivity index (χ0) is 52.3. The van der Waals surface area contributed by atoms with E-state index in [0.29, 0.717) is 10.6 Å². The van der Waals surface area contributed by atoms with Crippen LogP contribution in [-0.4, -0.2) is 167 Å². The molecular formula is C42H60N12O16. The number of nitrogens with zero attached hydrogens (tertiary/aromatic N) is 3. The van der Waals surface area contributed by atoms with Gasteiger partial charge in [0.05, 0.1) is 23.5 Å². The van der Waals surface area contributed by atoms with Crippen molar-refractivity contribution in [1.82, 2.24) is 35.8 Å². The van der Waals surface area contributed by atoms with Crippen LogP contribution < -0.4 is 54.5 Å². The van der Waals surface area contributed by atoms with Crippen molar-refractivity contribution in [3.63, 3.8) is 0 Å². The fourth-order valence-electron chi connectivity index (χ4n) is 7.81. The van der Waals surface area contributed by atoms with Gasteiger partial charge in [0.1, 0.15) is 42.1 Å². The van der Waals surface area contributed by atoms with E-state index in [4.69, 9.17) is 17.2 Å². The molecule has 1 aliphatic carbocycles. The number of nitrogens with two attached hydrogens (primary N) is 3. The standard InChI is InChI=1S/C42H60N12O16/c1-18(36(62)50-31(20(3)55)41(67)53(19(2)34(45)61)25-8-6-14-52(70)40(25)66)48-39(65)32(33(60)42(68)69)51-37(63)22(43)7-4-5-12-47-38(64)24-11-13-46-35-23(49-30(59)10-9-29(44)58)15-21-16-27(56)28(57)17-26(21)54(24)35/h15-20,22,24-25,31-33,46,55-56,60,70H,4-14,43H2,1-3H3,(H2,44,58)(H2,45,61)(H,47,64)(H,48,65)(H,49,59)(H,50,62)(H,51,63)(H,68,69)/t18-,19-,20+,22-,24-,25+,31+,32+,33?/m0/s1. The first kappa shape index (κ1) is 55.2. The first-order chi connectivity index (χ1) is 32.8. The number of anilines is 2. The highest BCUT2D eigenvalue weighted by molar-refractivity contribution is 6.00. The molecule has 1 saturated heterocycles. The van der Waals surface area contributed by atoms with E-state index in [1.54, 1.807) is 0 Å². The maximum absolute atomic E-state index is 13.8. The number of amides is 9. The van der Waals surface area contributed by atoms with Gasteiger partial charge in [0.2, 0.25) is 52.7 Å². The summed E-state index contributed by atoms with van der Waals surface area (Å²) >= 11 is 0. The van der Waals surface area contributed by atoms with Crippen LogP contribution in [0, 0.1) is 0 Å². The lowest BCUT2D eigenvalue weighted by atomic mass is 9.99. The van der Waals surface area contributed by atoms with E-state index in [1.165, 1.54) is 23.6 Å². The number of aliphatic hydroxyl groups is 2. The third kappa shape index (κ3) is 13.6. The molecule has 3 heterocycles. The number of carboxylic acids is 1. The molecule has 1 unspecified atom stereocenters. The second-order valence-corrected chi connectivity index (χ2v) is 17.0. The summed E-state index contributed by atoms with van der Waals surface area (Å²) in [6.45, 7) is 3.63. The van der Waals surface area contributed by atoms with E-state index in [2.05, 4.69) is 31.9 Å². The van der Waals surface area contributed by atoms with Gasteiger partial charge >= 0.3 is 5.97 Å². The Morgan fingerprint density at radius 3 is 2.19 bits per heavy atom. The summed E-state index contributed by atoms with van der Waals surface area (Å²) < 4.78 is 1.51. The summed E-state index contributed by atoms with van der Waals surface area (Å²) in [5.41, 5.74) is 16.7. The normalized spacial score (nSPS) is 18.5. The van der Waals surface area contributed by atoms with Crippen molar-refractivity contribution in [1.29, 1.82) is 0 Å². The van der Waals surface area contributed by atoms with Crippen molar-refractivity contribution >= 4 is 70.6 Å². The lowest BCUT2D eigenvalue weighted by molar-refractivity contribution is -0.181. The van der Waals surface area contributed by atoms with Crippen molar-refractivity contribution in [2.45, 2.75) is 127 Å². The topological polar surface area (TPSA) is 451 Å². The molecule has 0 bridgehead atoms. The number of aromatic nitrogens is 1. The fourth-order valence-corrected chi connectivity index (χ4v) is 7.81. The molecule has 0 aromatic heterocycles. The third-order valence-corrected chi connectivity index (χ3v) is 11.7. The number of hydroxylamine groups is 2. The van der Waals surface area contributed by atoms with Crippen LogP contribution in [0.3, 0.4) is 0 Å². The van der Waals surface area contributed by atoms with Gasteiger partial charge in [-0.15, -0.1) is 0 Å². The highest BCUT2D eigenvalue weighted by Gasteiger charge is 2.44. The van der Waals surface area contributed by atoms with Gasteiger partial charge < -0.3 is 79.0 Å². The number of phenols is 1. The maximum Gasteiger partial charge on any atom is 0.335 e. The second-order valence-electron chi connectivity index (χ2n) is 17.0. The van der Waals surface area contributed by atoms with Gasteiger partial charge in [-0.3, -0.25) is 53.2 Å². The van der Waals surface area contributed by atoms with Gasteiger partial charge in [0.15, 0.2) is 11.9 Å². The zero-order valence-corrected chi connectivity index (χ0v) is 38.5. The first-order valence-electron chi connectivity index (χ1n) is 22.3. The molecule has 3 aliphatic heterocycles. The first-order valence-corrected chi connectivity index (χ1v) is 22.3. The molecule has 9 amide bonds. The SMILES string of the molecule is C[C@H](NC(=O)[C@H](NC(=O)[C@@H](N)CCCCNC(=O)[C@@H]1CCNc2c(NC(=O)CCC(N)=O)cc3cc(O)c(=O)cc-3n21)C(O)C(=O)O)C(=O)N[C@@H](C(=O)N([C@@H]1CCCN(O)C1=O)[C@@H](C)C(N)=O)[C@@H](C)O. The molecular weight excluding hydrogens is 929 g/mol. The number of carbonyl (C=O) groups excluding carboxylic acids is 9. The predicted octanol–water partition coefficient (Wildman–Crippen LogP) is -4.78. The molecule has 28 heteroatoms. The number of nitrogens with one attached hydrogen (secondary N) is 6. The number of hydrogen-bond donors (Lipinski definition) is 14. The molecule has 4 aliphatic rings. The summed E-state index contributed by atoms with van der Waals surface area (Å²) in [5, 5.41) is 65.9. The van der Waals surface area contributed by atoms with Crippen LogP contribution in [0.1, 0.15) is 78.2 Å². The van der Waals surface area contributed by atoms with E-state index in [9.17, 15) is 78.4 Å². The molecule has 0 saturated carbocycles. The van der Waals surface area contributed by atoms with E-state index in [0.717, 1.165) is 24.8 Å². The Hall–Kier alpha value is -7.43. The number of carbonyl (C=O) groups is 10. The number of aliphatic carboxylic acids is 1. The average Bonchev–Trinajstić information content (AvgIpc) is 3.29. The summed E-state index contributed by atoms with van der Waals surface area (Å²) in [6.07, 6.45) is -3.91. The van der Waals surface area contributed by atoms with Crippen molar-refractivity contribution in [2.24, 2.45) is 17.2 Å². The third-order valence-electron chi connectivity index (χ3n) is 11.7. The molecule has 1 fully saturated rings. The van der Waals surface area contributed by atoms with Crippen molar-refractivity contribution in [3.05, 3.63) is 28.4 Å². The molecule has 9 atom stereocenters. The molecule has 28 nitrogen and oxygen atoms in total. The largest absolute Gasteiger partial charge is 0.504 e. The average molecular weight is 989 g/mol. The van der Waals surface area contributed by atoms with E-state index in [-0.39, 0.29) is 88.2 Å². The Kier molecular flexibility index (Phi) is 19.1. The Labute approximate surface area is 398 Å². The highest BCUT2D eigenvalue weighted by Crippen LogP contribution is 2.39. The Balaban J connectivity index is 1.36. The molecule has 4 rings (SSSR count). The van der Waals surface area contributed by atoms with Crippen LogP contribution in [0.4, 0.5) is 11.5 Å². The summed E-state index contributed by atoms with van der Waals surface area (Å²) in [6, 6.07) is -7.08. The number of hydrogen-bond acceptors (Lipinski definition) is 17. The number of carboxylic acid groups (broad SMARTS) is 1. The van der Waals surface area contributed by atoms with E-state index >= 15 is 0 Å². The van der Waals surface area contributed by atoms with Crippen LogP contribution in [0.15, 0.2) is 23.0 Å². The Morgan fingerprint density at radius 2 is 1.56 bits per heavy atom. The Bertz CT molecular complexity index is 2380. The molecule has 384 valence electrons. The minimum absolute atomic E-state index is 0.00457. The lowest BCUT2D eigenvalue weighted by Crippen LogP contribution is -2.65. The van der Waals surface area contributed by atoms with Gasteiger partial charge in [0.25, 0.3) is 5.91 Å². The van der Waals surface area contributed by atoms with Crippen LogP contribution >= 0.6 is 0 Å². The van der Waals surface area contributed by atoms with Crippen LogP contribution in [0.25, 0.3) is 11.3 Å². The predicted molar refractivity (Wildman–Crippen MR) is 242 cm³/mol. The molecule has 0 spiro atoms. The number of phenolic OH excluding ortho intramolecular Hbond substituents is 1. The quantitative estimate of drug-likeness (QED) is 0.0367. The van der Waals surface area contributed by atoms with Gasteiger partial charge in [0, 0.05) is 44.1 Å². The van der Waals surface area contributed by atoms with E-state index < -0.39 is 125 Å². The van der Waals surface area contributed by atoms with Crippen molar-refractivity contribution < 1.29 is 73.6 Å². The molecule has 0 radical (unpaired) electrons. The van der Waals surface area contributed by atoms with Gasteiger partial charge in [-0.05, 0) is 71.4 Å². The highest BCUT2D eigenvalue weighted by atomic mass is 16.5. The minimum Gasteiger partial charge on any atom is -0.504 e. The number of primary amides is 2. The number of pyridine rings is 1. The summed E-state index contributed by atoms with van der Waals surface area (Å²) in [4.78, 5) is 141. The van der Waals surface area contributed by atoms with Gasteiger partial charge in [-0.1, -0.05) is 0 Å². The number of rotatable bonds is 23. The number of piperidine rings is 1. The fraction of sp³-hybridized carbons (Fsp3) is 0.548. The molecule has 0 aromatic carbocycles. The van der Waals surface area contributed by atoms with Gasteiger partial charge in [-0.2, -0.15) is 0 Å². The monoisotopic (exact) mass is 988 g/mol. The number of aliphatic hydroxyl groups excluding tert-OH is 2. The summed E-state index contributed by atoms with van der Waals surface area (Å²) in [5.74, 6) is -10.7. The molecule has 70 heavy (non-hydrogen) atoms. The number of benzene rings is 1. The van der Waals surface area contributed by atoms with Gasteiger partial charge in [-0.25, -0.2) is 9.86 Å². The van der Waals surface area contributed by atoms with Crippen LogP contribution in [0.5, 0.6) is 5.75 Å². The lowest BCUT2D eigenvalue weighted by Gasteiger charge is -2.40. The Morgan fingerprint density at radius 1 is 0.886 bits per heavy atom. The second kappa shape index (κ2) is 24.2. The van der Waals surface area contributed by atoms with E-state index in [1.807, 2.05) is 0 Å². The van der Waals surface area contributed by atoms with Crippen molar-refractivity contribution in [2.75, 3.05) is 30.3 Å². The summed E-state index contributed by atoms with van der Waals surface area (Å²) in [7, 11) is 0. The molecule has 17 N–H and O–H groups in total. The van der Waals surface area contributed by atoms with Crippen molar-refractivity contribution in [3.8, 4) is 17.0 Å². The number of unbranched alkanes of at least 4 members (excludes halogenated alkanes) is 1. The zero-order valence-electron chi connectivity index (χ0n) is 38.5. The molecule has 0 aromatic rings. The number of aromatic hydroxyl groups is 1. The van der Waals surface area contributed by atoms with Crippen LogP contribution in [-0.2, 0) is 47.9 Å². The smallest absolute Gasteiger partial charge is 0.335 e.